The van der Waals surface area contributed by atoms with Crippen molar-refractivity contribution in [3.8, 4) is 6.07 Å². The molecule has 3 aromatic heterocycles. The van der Waals surface area contributed by atoms with Crippen LogP contribution in [0, 0.1) is 11.3 Å². The Morgan fingerprint density at radius 1 is 1.37 bits per heavy atom. The van der Waals surface area contributed by atoms with E-state index in [-0.39, 0.29) is 16.8 Å². The van der Waals surface area contributed by atoms with Crippen molar-refractivity contribution in [3.05, 3.63) is 35.9 Å². The Labute approximate surface area is 160 Å². The Kier molecular flexibility index (Phi) is 4.95. The first kappa shape index (κ1) is 18.9. The predicted octanol–water partition coefficient (Wildman–Crippen LogP) is 2.04. The van der Waals surface area contributed by atoms with E-state index in [4.69, 9.17) is 11.0 Å². The SMILES string of the molecule is CC(Sc1nc(N)cc(C#N)n1)c1cc2c(NS(C)(=O)=O)cn(C)c2cn1. The summed E-state index contributed by atoms with van der Waals surface area (Å²) in [4.78, 5) is 12.7. The van der Waals surface area contributed by atoms with Gasteiger partial charge >= 0.3 is 0 Å². The maximum atomic E-state index is 11.6. The van der Waals surface area contributed by atoms with Gasteiger partial charge in [0.25, 0.3) is 0 Å². The van der Waals surface area contributed by atoms with Gasteiger partial charge in [0, 0.05) is 24.7 Å². The van der Waals surface area contributed by atoms with Crippen molar-refractivity contribution in [2.45, 2.75) is 17.3 Å². The fourth-order valence-electron chi connectivity index (χ4n) is 2.57. The minimum atomic E-state index is -3.40. The van der Waals surface area contributed by atoms with Crippen molar-refractivity contribution in [1.82, 2.24) is 19.5 Å². The molecule has 0 spiro atoms. The van der Waals surface area contributed by atoms with Gasteiger partial charge in [0.1, 0.15) is 17.6 Å². The Morgan fingerprint density at radius 3 is 2.78 bits per heavy atom. The van der Waals surface area contributed by atoms with Gasteiger partial charge in [0.15, 0.2) is 5.16 Å². The van der Waals surface area contributed by atoms with Crippen LogP contribution in [0.5, 0.6) is 0 Å². The largest absolute Gasteiger partial charge is 0.384 e. The molecular weight excluding hydrogens is 386 g/mol. The number of anilines is 2. The maximum Gasteiger partial charge on any atom is 0.229 e. The van der Waals surface area contributed by atoms with Crippen LogP contribution in [0.1, 0.15) is 23.6 Å². The highest BCUT2D eigenvalue weighted by atomic mass is 32.2. The molecule has 0 fully saturated rings. The van der Waals surface area contributed by atoms with Crippen LogP contribution in [0.25, 0.3) is 10.9 Å². The number of nitrogens with one attached hydrogen (secondary N) is 1. The summed E-state index contributed by atoms with van der Waals surface area (Å²) in [5.41, 5.74) is 7.91. The second kappa shape index (κ2) is 7.05. The zero-order valence-corrected chi connectivity index (χ0v) is 16.5. The monoisotopic (exact) mass is 403 g/mol. The zero-order valence-electron chi connectivity index (χ0n) is 14.8. The molecule has 0 amide bonds. The molecule has 27 heavy (non-hydrogen) atoms. The Hall–Kier alpha value is -2.84. The van der Waals surface area contributed by atoms with Crippen molar-refractivity contribution in [2.75, 3.05) is 16.7 Å². The van der Waals surface area contributed by atoms with Crippen LogP contribution in [0.15, 0.2) is 29.7 Å². The first-order chi connectivity index (χ1) is 12.7. The quantitative estimate of drug-likeness (QED) is 0.487. The molecule has 11 heteroatoms. The summed E-state index contributed by atoms with van der Waals surface area (Å²) >= 11 is 1.31. The fourth-order valence-corrected chi connectivity index (χ4v) is 4.01. The van der Waals surface area contributed by atoms with E-state index >= 15 is 0 Å². The number of pyridine rings is 1. The van der Waals surface area contributed by atoms with Crippen LogP contribution >= 0.6 is 11.8 Å². The molecule has 0 saturated heterocycles. The average Bonchev–Trinajstić information content (AvgIpc) is 2.87. The highest BCUT2D eigenvalue weighted by molar-refractivity contribution is 7.99. The van der Waals surface area contributed by atoms with Gasteiger partial charge in [-0.3, -0.25) is 9.71 Å². The van der Waals surface area contributed by atoms with E-state index in [0.717, 1.165) is 22.9 Å². The third kappa shape index (κ3) is 4.29. The highest BCUT2D eigenvalue weighted by Crippen LogP contribution is 2.35. The second-order valence-corrected chi connectivity index (χ2v) is 9.04. The summed E-state index contributed by atoms with van der Waals surface area (Å²) in [5, 5.41) is 9.98. The average molecular weight is 403 g/mol. The van der Waals surface area contributed by atoms with Gasteiger partial charge in [-0.05, 0) is 13.0 Å². The van der Waals surface area contributed by atoms with Crippen molar-refractivity contribution >= 4 is 44.2 Å². The first-order valence-electron chi connectivity index (χ1n) is 7.80. The molecule has 0 aliphatic carbocycles. The zero-order chi connectivity index (χ0) is 19.8. The number of fused-ring (bicyclic) bond motifs is 1. The predicted molar refractivity (Wildman–Crippen MR) is 105 cm³/mol. The summed E-state index contributed by atoms with van der Waals surface area (Å²) in [6.07, 6.45) is 4.50. The molecule has 0 bridgehead atoms. The minimum Gasteiger partial charge on any atom is -0.384 e. The van der Waals surface area contributed by atoms with E-state index < -0.39 is 10.0 Å². The molecule has 140 valence electrons. The van der Waals surface area contributed by atoms with Crippen LogP contribution in [-0.4, -0.2) is 34.2 Å². The number of nitriles is 1. The number of nitrogens with zero attached hydrogens (tertiary/aromatic N) is 5. The third-order valence-corrected chi connectivity index (χ3v) is 5.31. The number of hydrogen-bond acceptors (Lipinski definition) is 8. The Morgan fingerprint density at radius 2 is 2.11 bits per heavy atom. The topological polar surface area (TPSA) is 140 Å². The summed E-state index contributed by atoms with van der Waals surface area (Å²) < 4.78 is 27.5. The lowest BCUT2D eigenvalue weighted by Gasteiger charge is -2.11. The number of aromatic nitrogens is 4. The van der Waals surface area contributed by atoms with Gasteiger partial charge in [-0.15, -0.1) is 0 Å². The van der Waals surface area contributed by atoms with Crippen LogP contribution in [0.3, 0.4) is 0 Å². The molecule has 1 unspecified atom stereocenters. The summed E-state index contributed by atoms with van der Waals surface area (Å²) in [5.74, 6) is 0.224. The standard InChI is InChI=1S/C16H17N7O2S2/c1-9(26-16-20-10(6-17)4-15(18)21-16)12-5-11-13(22-27(3,24)25)8-23(2)14(11)7-19-12/h4-5,7-9,22H,1-3H3,(H2,18,20,21). The lowest BCUT2D eigenvalue weighted by Crippen LogP contribution is -2.09. The molecule has 3 heterocycles. The van der Waals surface area contributed by atoms with Gasteiger partial charge in [0.2, 0.25) is 10.0 Å². The van der Waals surface area contributed by atoms with Crippen molar-refractivity contribution in [1.29, 1.82) is 5.26 Å². The molecule has 0 radical (unpaired) electrons. The van der Waals surface area contributed by atoms with Crippen molar-refractivity contribution in [3.63, 3.8) is 0 Å². The van der Waals surface area contributed by atoms with Crippen molar-refractivity contribution < 1.29 is 8.42 Å². The van der Waals surface area contributed by atoms with Crippen LogP contribution < -0.4 is 10.5 Å². The van der Waals surface area contributed by atoms with E-state index in [1.807, 2.05) is 26.1 Å². The maximum absolute atomic E-state index is 11.6. The summed E-state index contributed by atoms with van der Waals surface area (Å²) in [7, 11) is -1.58. The highest BCUT2D eigenvalue weighted by Gasteiger charge is 2.16. The van der Waals surface area contributed by atoms with Crippen LogP contribution in [-0.2, 0) is 17.1 Å². The van der Waals surface area contributed by atoms with E-state index in [1.54, 1.807) is 17.0 Å². The lowest BCUT2D eigenvalue weighted by atomic mass is 10.2. The van der Waals surface area contributed by atoms with Gasteiger partial charge in [-0.1, -0.05) is 11.8 Å². The number of nitrogen functional groups attached to an aromatic ring is 1. The number of aryl methyl sites for hydroxylation is 1. The first-order valence-corrected chi connectivity index (χ1v) is 10.6. The molecule has 0 saturated carbocycles. The molecule has 0 aliphatic rings. The number of sulfonamides is 1. The molecule has 9 nitrogen and oxygen atoms in total. The molecule has 0 aliphatic heterocycles. The number of rotatable bonds is 5. The summed E-state index contributed by atoms with van der Waals surface area (Å²) in [6, 6.07) is 5.19. The fraction of sp³-hybridized carbons (Fsp3) is 0.250. The molecule has 3 aromatic rings. The second-order valence-electron chi connectivity index (χ2n) is 5.99. The minimum absolute atomic E-state index is 0.144. The molecular formula is C16H17N7O2S2. The molecule has 3 N–H and O–H groups in total. The number of thioether (sulfide) groups is 1. The Balaban J connectivity index is 1.96. The van der Waals surface area contributed by atoms with E-state index in [1.165, 1.54) is 17.8 Å². The van der Waals surface area contributed by atoms with E-state index in [2.05, 4.69) is 19.7 Å². The third-order valence-electron chi connectivity index (χ3n) is 3.73. The smallest absolute Gasteiger partial charge is 0.229 e. The van der Waals surface area contributed by atoms with Crippen LogP contribution in [0.4, 0.5) is 11.5 Å². The Bertz CT molecular complexity index is 1170. The molecule has 1 atom stereocenters. The number of nitrogens with two attached hydrogens (primary N) is 1. The van der Waals surface area contributed by atoms with Gasteiger partial charge in [0.05, 0.1) is 34.6 Å². The van der Waals surface area contributed by atoms with Gasteiger partial charge < -0.3 is 10.3 Å². The lowest BCUT2D eigenvalue weighted by molar-refractivity contribution is 0.607. The van der Waals surface area contributed by atoms with E-state index in [0.29, 0.717) is 10.8 Å². The number of hydrogen-bond donors (Lipinski definition) is 2. The normalized spacial score (nSPS) is 12.7. The van der Waals surface area contributed by atoms with Crippen molar-refractivity contribution in [2.24, 2.45) is 7.05 Å². The van der Waals surface area contributed by atoms with E-state index in [9.17, 15) is 8.42 Å². The van der Waals surface area contributed by atoms with Gasteiger partial charge in [-0.2, -0.15) is 5.26 Å². The molecule has 3 rings (SSSR count). The van der Waals surface area contributed by atoms with Crippen LogP contribution in [0.2, 0.25) is 0 Å². The van der Waals surface area contributed by atoms with Gasteiger partial charge in [-0.25, -0.2) is 18.4 Å². The molecule has 0 aromatic carbocycles. The summed E-state index contributed by atoms with van der Waals surface area (Å²) in [6.45, 7) is 1.92.